The van der Waals surface area contributed by atoms with E-state index in [1.807, 2.05) is 11.4 Å². The van der Waals surface area contributed by atoms with E-state index in [0.717, 1.165) is 21.6 Å². The van der Waals surface area contributed by atoms with Crippen LogP contribution in [0.4, 0.5) is 4.79 Å². The summed E-state index contributed by atoms with van der Waals surface area (Å²) in [5, 5.41) is 11.3. The van der Waals surface area contributed by atoms with Gasteiger partial charge in [0.2, 0.25) is 0 Å². The van der Waals surface area contributed by atoms with E-state index in [1.165, 1.54) is 0 Å². The second kappa shape index (κ2) is 4.59. The van der Waals surface area contributed by atoms with Gasteiger partial charge in [-0.1, -0.05) is 0 Å². The van der Waals surface area contributed by atoms with E-state index in [1.54, 1.807) is 32.1 Å². The molecule has 21 heavy (non-hydrogen) atoms. The molecule has 2 heterocycles. The van der Waals surface area contributed by atoms with Gasteiger partial charge in [-0.3, -0.25) is 4.79 Å². The molecule has 0 aromatic carbocycles. The highest BCUT2D eigenvalue weighted by Crippen LogP contribution is 2.51. The van der Waals surface area contributed by atoms with E-state index < -0.39 is 17.6 Å². The molecule has 2 unspecified atom stereocenters. The zero-order chi connectivity index (χ0) is 15.4. The van der Waals surface area contributed by atoms with Crippen molar-refractivity contribution in [2.75, 3.05) is 0 Å². The summed E-state index contributed by atoms with van der Waals surface area (Å²) in [7, 11) is 0. The van der Waals surface area contributed by atoms with Crippen molar-refractivity contribution in [3.8, 4) is 0 Å². The number of carbonyl (C=O) groups is 2. The number of hydrogen-bond acceptors (Lipinski definition) is 5. The summed E-state index contributed by atoms with van der Waals surface area (Å²) in [5.74, 6) is -0.629. The zero-order valence-corrected chi connectivity index (χ0v) is 12.9. The van der Waals surface area contributed by atoms with E-state index in [9.17, 15) is 14.7 Å². The molecule has 1 aliphatic heterocycles. The van der Waals surface area contributed by atoms with Crippen LogP contribution in [0.1, 0.15) is 37.3 Å². The van der Waals surface area contributed by atoms with Crippen LogP contribution in [0.2, 0.25) is 0 Å². The fraction of sp³-hybridized carbons (Fsp3) is 0.467. The number of rotatable bonds is 0. The minimum Gasteiger partial charge on any atom is -0.515 e. The lowest BCUT2D eigenvalue weighted by molar-refractivity contribution is -0.125. The summed E-state index contributed by atoms with van der Waals surface area (Å²) < 4.78 is 5.35. The lowest BCUT2D eigenvalue weighted by Gasteiger charge is -2.26. The van der Waals surface area contributed by atoms with Crippen molar-refractivity contribution in [2.45, 2.75) is 38.8 Å². The first-order valence-electron chi connectivity index (χ1n) is 6.80. The lowest BCUT2D eigenvalue weighted by Crippen LogP contribution is -2.39. The van der Waals surface area contributed by atoms with Crippen molar-refractivity contribution >= 4 is 23.3 Å². The van der Waals surface area contributed by atoms with E-state index >= 15 is 0 Å². The van der Waals surface area contributed by atoms with Gasteiger partial charge in [0.1, 0.15) is 5.60 Å². The molecule has 0 spiro atoms. The van der Waals surface area contributed by atoms with Crippen LogP contribution >= 0.6 is 11.3 Å². The predicted octanol–water partition coefficient (Wildman–Crippen LogP) is 3.18. The molecule has 1 aromatic heterocycles. The summed E-state index contributed by atoms with van der Waals surface area (Å²) in [5.41, 5.74) is 0.601. The lowest BCUT2D eigenvalue weighted by atomic mass is 9.97. The van der Waals surface area contributed by atoms with Gasteiger partial charge in [0.05, 0.1) is 17.9 Å². The van der Waals surface area contributed by atoms with Gasteiger partial charge >= 0.3 is 6.09 Å². The Morgan fingerprint density at radius 3 is 2.86 bits per heavy atom. The van der Waals surface area contributed by atoms with Crippen LogP contribution in [0.3, 0.4) is 0 Å². The molecule has 2 amide bonds. The first-order valence-corrected chi connectivity index (χ1v) is 7.68. The maximum absolute atomic E-state index is 12.4. The van der Waals surface area contributed by atoms with Gasteiger partial charge < -0.3 is 9.84 Å². The van der Waals surface area contributed by atoms with Crippen molar-refractivity contribution in [1.29, 1.82) is 0 Å². The van der Waals surface area contributed by atoms with Crippen LogP contribution in [0.5, 0.6) is 0 Å². The average molecular weight is 307 g/mol. The first kappa shape index (κ1) is 14.1. The standard InChI is InChI=1S/C15H17NO4S/c1-15(2,3)20-14(19)16-12-8-4-5-21-11(8)6-9(12)10(7-17)13(16)18/h4-5,7,9,12,17H,6H2,1-3H3/b10-7+. The molecule has 0 radical (unpaired) electrons. The Kier molecular flexibility index (Phi) is 3.09. The van der Waals surface area contributed by atoms with E-state index in [0.29, 0.717) is 6.42 Å². The highest BCUT2D eigenvalue weighted by atomic mass is 32.1. The molecule has 1 aromatic rings. The Bertz CT molecular complexity index is 640. The third-order valence-electron chi connectivity index (χ3n) is 3.76. The van der Waals surface area contributed by atoms with Crippen LogP contribution < -0.4 is 0 Å². The number of imide groups is 1. The van der Waals surface area contributed by atoms with E-state index in [2.05, 4.69) is 0 Å². The Balaban J connectivity index is 1.99. The number of fused-ring (bicyclic) bond motifs is 3. The number of thiophene rings is 1. The highest BCUT2D eigenvalue weighted by molar-refractivity contribution is 7.10. The maximum atomic E-state index is 12.4. The van der Waals surface area contributed by atoms with E-state index in [4.69, 9.17) is 4.74 Å². The predicted molar refractivity (Wildman–Crippen MR) is 78.0 cm³/mol. The Morgan fingerprint density at radius 2 is 2.24 bits per heavy atom. The van der Waals surface area contributed by atoms with Crippen molar-refractivity contribution < 1.29 is 19.4 Å². The molecule has 0 bridgehead atoms. The Morgan fingerprint density at radius 1 is 1.52 bits per heavy atom. The molecule has 0 saturated carbocycles. The van der Waals surface area contributed by atoms with Crippen molar-refractivity contribution in [3.05, 3.63) is 33.7 Å². The molecule has 2 aliphatic rings. The van der Waals surface area contributed by atoms with Crippen LogP contribution in [0, 0.1) is 5.92 Å². The molecule has 1 saturated heterocycles. The minimum absolute atomic E-state index is 0.169. The summed E-state index contributed by atoms with van der Waals surface area (Å²) >= 11 is 1.61. The second-order valence-electron chi connectivity index (χ2n) is 6.29. The summed E-state index contributed by atoms with van der Waals surface area (Å²) in [6.45, 7) is 5.28. The fourth-order valence-corrected chi connectivity index (χ4v) is 3.97. The van der Waals surface area contributed by atoms with Crippen LogP contribution in [0.15, 0.2) is 23.3 Å². The molecule has 1 N–H and O–H groups in total. The number of amides is 2. The van der Waals surface area contributed by atoms with Gasteiger partial charge in [-0.25, -0.2) is 9.69 Å². The molecular weight excluding hydrogens is 290 g/mol. The smallest absolute Gasteiger partial charge is 0.417 e. The number of carbonyl (C=O) groups excluding carboxylic acids is 2. The minimum atomic E-state index is -0.672. The van der Waals surface area contributed by atoms with Crippen molar-refractivity contribution in [2.24, 2.45) is 5.92 Å². The quantitative estimate of drug-likeness (QED) is 0.590. The molecule has 2 atom stereocenters. The fourth-order valence-electron chi connectivity index (χ4n) is 2.99. The summed E-state index contributed by atoms with van der Waals surface area (Å²) in [6.07, 6.45) is 0.856. The number of hydrogen-bond donors (Lipinski definition) is 1. The average Bonchev–Trinajstić information content (AvgIpc) is 2.96. The zero-order valence-electron chi connectivity index (χ0n) is 12.1. The molecule has 1 fully saturated rings. The van der Waals surface area contributed by atoms with Crippen LogP contribution in [-0.4, -0.2) is 27.6 Å². The van der Waals surface area contributed by atoms with Crippen molar-refractivity contribution in [1.82, 2.24) is 4.90 Å². The summed E-state index contributed by atoms with van der Waals surface area (Å²) in [4.78, 5) is 27.1. The first-order chi connectivity index (χ1) is 9.83. The summed E-state index contributed by atoms with van der Waals surface area (Å²) in [6, 6.07) is 1.59. The van der Waals surface area contributed by atoms with Gasteiger partial charge in [0.25, 0.3) is 5.91 Å². The third kappa shape index (κ3) is 2.14. The molecule has 6 heteroatoms. The van der Waals surface area contributed by atoms with Gasteiger partial charge in [-0.2, -0.15) is 0 Å². The monoisotopic (exact) mass is 307 g/mol. The molecule has 1 aliphatic carbocycles. The number of nitrogens with zero attached hydrogens (tertiary/aromatic N) is 1. The van der Waals surface area contributed by atoms with Crippen molar-refractivity contribution in [3.63, 3.8) is 0 Å². The van der Waals surface area contributed by atoms with Crippen LogP contribution in [0.25, 0.3) is 0 Å². The van der Waals surface area contributed by atoms with Crippen LogP contribution in [-0.2, 0) is 16.0 Å². The van der Waals surface area contributed by atoms with E-state index in [-0.39, 0.29) is 17.5 Å². The van der Waals surface area contributed by atoms with Gasteiger partial charge in [0.15, 0.2) is 0 Å². The molecule has 3 rings (SSSR count). The van der Waals surface area contributed by atoms with Gasteiger partial charge in [0, 0.05) is 10.8 Å². The molecule has 5 nitrogen and oxygen atoms in total. The number of ether oxygens (including phenoxy) is 1. The third-order valence-corrected chi connectivity index (χ3v) is 4.72. The molecular formula is C15H17NO4S. The normalized spacial score (nSPS) is 26.1. The largest absolute Gasteiger partial charge is 0.515 e. The number of aliphatic hydroxyl groups excluding tert-OH is 1. The van der Waals surface area contributed by atoms with Gasteiger partial charge in [-0.05, 0) is 44.2 Å². The number of likely N-dealkylation sites (tertiary alicyclic amines) is 1. The molecule has 112 valence electrons. The SMILES string of the molecule is CC(C)(C)OC(=O)N1C(=O)/C(=C/O)C2Cc3sccc3C21. The maximum Gasteiger partial charge on any atom is 0.417 e. The Labute approximate surface area is 126 Å². The number of aliphatic hydroxyl groups is 1. The van der Waals surface area contributed by atoms with Gasteiger partial charge in [-0.15, -0.1) is 11.3 Å². The topological polar surface area (TPSA) is 66.8 Å². The second-order valence-corrected chi connectivity index (χ2v) is 7.30. The highest BCUT2D eigenvalue weighted by Gasteiger charge is 2.53. The Hall–Kier alpha value is -1.82.